The molecular weight excluding hydrogens is 512 g/mol. The third-order valence-corrected chi connectivity index (χ3v) is 6.25. The monoisotopic (exact) mass is 537 g/mol. The zero-order valence-corrected chi connectivity index (χ0v) is 20.1. The molecule has 1 saturated heterocycles. The van der Waals surface area contributed by atoms with Gasteiger partial charge in [-0.15, -0.1) is 0 Å². The number of hydrogen-bond donors (Lipinski definition) is 1. The van der Waals surface area contributed by atoms with Crippen LogP contribution in [0, 0.1) is 17.5 Å². The van der Waals surface area contributed by atoms with Crippen molar-refractivity contribution < 1.29 is 35.9 Å². The average Bonchev–Trinajstić information content (AvgIpc) is 2.92. The molecule has 0 bridgehead atoms. The Labute approximate surface area is 215 Å². The highest BCUT2D eigenvalue weighted by Gasteiger charge is 2.31. The van der Waals surface area contributed by atoms with E-state index in [0.717, 1.165) is 29.8 Å². The van der Waals surface area contributed by atoms with Crippen LogP contribution in [0.15, 0.2) is 66.7 Å². The van der Waals surface area contributed by atoms with Gasteiger partial charge in [-0.05, 0) is 35.4 Å². The quantitative estimate of drug-likeness (QED) is 0.294. The van der Waals surface area contributed by atoms with Gasteiger partial charge in [-0.3, -0.25) is 4.90 Å². The van der Waals surface area contributed by atoms with E-state index in [4.69, 9.17) is 4.74 Å². The van der Waals surface area contributed by atoms with Gasteiger partial charge in [0, 0.05) is 32.7 Å². The molecule has 4 rings (SSSR count). The molecule has 1 atom stereocenters. The number of nitrogens with zero attached hydrogens (tertiary/aromatic N) is 2. The minimum Gasteiger partial charge on any atom is -0.367 e. The number of nitrogens with one attached hydrogen (secondary N) is 1. The second-order valence-corrected chi connectivity index (χ2v) is 8.77. The molecule has 5 nitrogen and oxygen atoms in total. The van der Waals surface area contributed by atoms with Crippen molar-refractivity contribution in [2.45, 2.75) is 12.3 Å². The van der Waals surface area contributed by atoms with Crippen LogP contribution >= 0.6 is 0 Å². The van der Waals surface area contributed by atoms with Crippen LogP contribution < -0.4 is 5.32 Å². The number of carbonyl (C=O) groups is 1. The van der Waals surface area contributed by atoms with Crippen molar-refractivity contribution in [3.8, 4) is 0 Å². The van der Waals surface area contributed by atoms with Gasteiger partial charge in [0.05, 0.1) is 17.9 Å². The van der Waals surface area contributed by atoms with Gasteiger partial charge >= 0.3 is 12.2 Å². The summed E-state index contributed by atoms with van der Waals surface area (Å²) < 4.78 is 86.2. The first-order chi connectivity index (χ1) is 18.1. The maximum Gasteiger partial charge on any atom is 0.416 e. The summed E-state index contributed by atoms with van der Waals surface area (Å²) in [5, 5.41) is 2.25. The normalized spacial score (nSPS) is 15.4. The number of hydrogen-bond acceptors (Lipinski definition) is 3. The maximum atomic E-state index is 13.9. The lowest BCUT2D eigenvalue weighted by atomic mass is 9.99. The van der Waals surface area contributed by atoms with Crippen molar-refractivity contribution in [1.82, 2.24) is 9.80 Å². The Morgan fingerprint density at radius 1 is 0.868 bits per heavy atom. The zero-order chi connectivity index (χ0) is 27.3. The number of urea groups is 1. The first-order valence-electron chi connectivity index (χ1n) is 11.9. The lowest BCUT2D eigenvalue weighted by Gasteiger charge is -2.35. The highest BCUT2D eigenvalue weighted by atomic mass is 19.4. The van der Waals surface area contributed by atoms with E-state index in [2.05, 4.69) is 5.32 Å². The molecule has 1 heterocycles. The molecule has 0 radical (unpaired) electrons. The van der Waals surface area contributed by atoms with Crippen LogP contribution in [-0.4, -0.2) is 55.2 Å². The number of carbonyl (C=O) groups excluding carboxylic acids is 1. The van der Waals surface area contributed by atoms with Gasteiger partial charge in [0.15, 0.2) is 17.5 Å². The number of piperazine rings is 1. The molecular formula is C27H25F6N3O2. The van der Waals surface area contributed by atoms with Crippen LogP contribution in [0.1, 0.15) is 22.8 Å². The Kier molecular flexibility index (Phi) is 8.58. The van der Waals surface area contributed by atoms with Crippen molar-refractivity contribution in [1.29, 1.82) is 0 Å². The number of benzene rings is 3. The third-order valence-electron chi connectivity index (χ3n) is 6.25. The Morgan fingerprint density at radius 2 is 1.55 bits per heavy atom. The molecule has 1 aliphatic rings. The Hall–Kier alpha value is -3.57. The van der Waals surface area contributed by atoms with E-state index in [9.17, 15) is 31.1 Å². The molecule has 202 valence electrons. The van der Waals surface area contributed by atoms with Gasteiger partial charge in [0.25, 0.3) is 0 Å². The van der Waals surface area contributed by atoms with E-state index in [-0.39, 0.29) is 6.61 Å². The van der Waals surface area contributed by atoms with Gasteiger partial charge in [-0.1, -0.05) is 42.5 Å². The van der Waals surface area contributed by atoms with Crippen molar-refractivity contribution in [3.63, 3.8) is 0 Å². The second-order valence-electron chi connectivity index (χ2n) is 8.77. The summed E-state index contributed by atoms with van der Waals surface area (Å²) in [6.45, 7) is 2.23. The minimum atomic E-state index is -4.47. The molecule has 0 unspecified atom stereocenters. The fourth-order valence-electron chi connectivity index (χ4n) is 4.18. The lowest BCUT2D eigenvalue weighted by Crippen LogP contribution is -2.50. The van der Waals surface area contributed by atoms with Crippen LogP contribution in [0.25, 0.3) is 0 Å². The SMILES string of the molecule is O=C(Nc1ccc(F)c(F)c1F)N1CCN(CCO[C@@H](c2ccccc2)c2cccc(C(F)(F)F)c2)CC1. The fraction of sp³-hybridized carbons (Fsp3) is 0.296. The zero-order valence-electron chi connectivity index (χ0n) is 20.1. The van der Waals surface area contributed by atoms with Crippen LogP contribution in [0.3, 0.4) is 0 Å². The van der Waals surface area contributed by atoms with Crippen molar-refractivity contribution in [2.75, 3.05) is 44.6 Å². The topological polar surface area (TPSA) is 44.8 Å². The van der Waals surface area contributed by atoms with Gasteiger partial charge < -0.3 is 15.0 Å². The summed E-state index contributed by atoms with van der Waals surface area (Å²) in [5.41, 5.74) is -0.0989. The van der Waals surface area contributed by atoms with E-state index in [0.29, 0.717) is 38.3 Å². The first-order valence-corrected chi connectivity index (χ1v) is 11.9. The molecule has 1 N–H and O–H groups in total. The summed E-state index contributed by atoms with van der Waals surface area (Å²) in [6, 6.07) is 15.1. The minimum absolute atomic E-state index is 0.224. The van der Waals surface area contributed by atoms with Gasteiger partial charge in [-0.25, -0.2) is 18.0 Å². The molecule has 3 aromatic carbocycles. The van der Waals surface area contributed by atoms with Crippen molar-refractivity contribution >= 4 is 11.7 Å². The standard InChI is InChI=1S/C27H25F6N3O2/c28-21-9-10-22(24(30)23(21)29)34-26(37)36-13-11-35(12-14-36)15-16-38-25(18-5-2-1-3-6-18)19-7-4-8-20(17-19)27(31,32)33/h1-10,17,25H,11-16H2,(H,34,37)/t25-/m0/s1. The van der Waals surface area contributed by atoms with Crippen LogP contribution in [0.2, 0.25) is 0 Å². The predicted molar refractivity (Wildman–Crippen MR) is 129 cm³/mol. The highest BCUT2D eigenvalue weighted by molar-refractivity contribution is 5.89. The van der Waals surface area contributed by atoms with Gasteiger partial charge in [-0.2, -0.15) is 13.2 Å². The summed E-state index contributed by atoms with van der Waals surface area (Å²) in [4.78, 5) is 15.9. The van der Waals surface area contributed by atoms with E-state index < -0.39 is 47.0 Å². The summed E-state index contributed by atoms with van der Waals surface area (Å²) in [7, 11) is 0. The van der Waals surface area contributed by atoms with Gasteiger partial charge in [0.1, 0.15) is 6.10 Å². The van der Waals surface area contributed by atoms with Crippen LogP contribution in [0.5, 0.6) is 0 Å². The highest BCUT2D eigenvalue weighted by Crippen LogP contribution is 2.33. The molecule has 1 fully saturated rings. The largest absolute Gasteiger partial charge is 0.416 e. The lowest BCUT2D eigenvalue weighted by molar-refractivity contribution is -0.137. The second kappa shape index (κ2) is 11.9. The number of anilines is 1. The summed E-state index contributed by atoms with van der Waals surface area (Å²) >= 11 is 0. The van der Waals surface area contributed by atoms with E-state index >= 15 is 0 Å². The molecule has 3 aromatic rings. The predicted octanol–water partition coefficient (Wildman–Crippen LogP) is 6.08. The third kappa shape index (κ3) is 6.65. The Bertz CT molecular complexity index is 1250. The molecule has 11 heteroatoms. The summed E-state index contributed by atoms with van der Waals surface area (Å²) in [5.74, 6) is -4.48. The van der Waals surface area contributed by atoms with E-state index in [1.165, 1.54) is 11.0 Å². The number of alkyl halides is 3. The van der Waals surface area contributed by atoms with Gasteiger partial charge in [0.2, 0.25) is 0 Å². The number of ether oxygens (including phenoxy) is 1. The fourth-order valence-corrected chi connectivity index (χ4v) is 4.18. The average molecular weight is 538 g/mol. The van der Waals surface area contributed by atoms with Crippen LogP contribution in [0.4, 0.5) is 36.8 Å². The maximum absolute atomic E-state index is 13.9. The van der Waals surface area contributed by atoms with Crippen molar-refractivity contribution in [3.05, 3.63) is 101 Å². The number of amides is 2. The molecule has 0 saturated carbocycles. The number of halogens is 6. The smallest absolute Gasteiger partial charge is 0.367 e. The molecule has 0 spiro atoms. The Morgan fingerprint density at radius 3 is 2.24 bits per heavy atom. The first kappa shape index (κ1) is 27.5. The Balaban J connectivity index is 1.32. The number of rotatable bonds is 7. The van der Waals surface area contributed by atoms with Crippen LogP contribution in [-0.2, 0) is 10.9 Å². The van der Waals surface area contributed by atoms with Crippen molar-refractivity contribution in [2.24, 2.45) is 0 Å². The van der Waals surface area contributed by atoms with E-state index in [1.54, 1.807) is 30.3 Å². The summed E-state index contributed by atoms with van der Waals surface area (Å²) in [6.07, 6.45) is -5.17. The molecule has 0 aliphatic carbocycles. The molecule has 2 amide bonds. The van der Waals surface area contributed by atoms with E-state index in [1.807, 2.05) is 11.0 Å². The molecule has 1 aliphatic heterocycles. The molecule has 0 aromatic heterocycles. The molecule has 38 heavy (non-hydrogen) atoms.